The Morgan fingerprint density at radius 1 is 1.10 bits per heavy atom. The van der Waals surface area contributed by atoms with Crippen molar-refractivity contribution in [2.24, 2.45) is 0 Å². The van der Waals surface area contributed by atoms with Crippen molar-refractivity contribution in [3.63, 3.8) is 0 Å². The number of rotatable bonds is 7. The van der Waals surface area contributed by atoms with Gasteiger partial charge in [-0.1, -0.05) is 41.4 Å². The van der Waals surface area contributed by atoms with Gasteiger partial charge in [0.05, 0.1) is 37.3 Å². The third-order valence-electron chi connectivity index (χ3n) is 4.40. The summed E-state index contributed by atoms with van der Waals surface area (Å²) < 4.78 is 10.6. The lowest BCUT2D eigenvalue weighted by molar-refractivity contribution is -0.116. The Hall–Kier alpha value is -2.80. The van der Waals surface area contributed by atoms with Gasteiger partial charge in [0.1, 0.15) is 5.75 Å². The normalized spacial score (nSPS) is 10.7. The van der Waals surface area contributed by atoms with E-state index in [9.17, 15) is 14.7 Å². The van der Waals surface area contributed by atoms with E-state index < -0.39 is 5.97 Å². The zero-order chi connectivity index (χ0) is 21.7. The molecule has 0 saturated heterocycles. The molecule has 0 heterocycles. The molecule has 1 amide bonds. The highest BCUT2D eigenvalue weighted by Gasteiger charge is 2.15. The predicted molar refractivity (Wildman–Crippen MR) is 116 cm³/mol. The second kappa shape index (κ2) is 9.80. The quantitative estimate of drug-likeness (QED) is 0.506. The maximum Gasteiger partial charge on any atom is 0.338 e. The first-order valence-electron chi connectivity index (χ1n) is 9.05. The van der Waals surface area contributed by atoms with E-state index in [2.05, 4.69) is 5.32 Å². The molecular weight excluding hydrogens is 429 g/mol. The number of ether oxygens (including phenoxy) is 2. The molecule has 3 aromatic rings. The molecule has 30 heavy (non-hydrogen) atoms. The van der Waals surface area contributed by atoms with E-state index in [0.29, 0.717) is 37.8 Å². The number of anilines is 1. The van der Waals surface area contributed by atoms with Crippen molar-refractivity contribution in [1.29, 1.82) is 0 Å². The molecule has 0 aliphatic rings. The molecule has 0 aliphatic carbocycles. The number of fused-ring (bicyclic) bond motifs is 1. The van der Waals surface area contributed by atoms with Crippen molar-refractivity contribution in [2.75, 3.05) is 19.0 Å². The summed E-state index contributed by atoms with van der Waals surface area (Å²) in [6, 6.07) is 13.4. The summed E-state index contributed by atoms with van der Waals surface area (Å²) in [6.07, 6.45) is 0.0505. The lowest BCUT2D eigenvalue weighted by Gasteiger charge is -2.13. The minimum atomic E-state index is -0.531. The molecule has 0 bridgehead atoms. The molecule has 0 aliphatic heterocycles. The van der Waals surface area contributed by atoms with Gasteiger partial charge in [-0.2, -0.15) is 0 Å². The highest BCUT2D eigenvalue weighted by atomic mass is 35.5. The molecule has 0 radical (unpaired) electrons. The maximum absolute atomic E-state index is 12.3. The first kappa shape index (κ1) is 21.9. The summed E-state index contributed by atoms with van der Waals surface area (Å²) in [6.45, 7) is -0.133. The lowest BCUT2D eigenvalue weighted by Crippen LogP contribution is -2.16. The summed E-state index contributed by atoms with van der Waals surface area (Å²) in [5, 5.41) is 14.1. The molecule has 0 fully saturated rings. The molecule has 3 rings (SSSR count). The first-order valence-corrected chi connectivity index (χ1v) is 9.81. The predicted octanol–water partition coefficient (Wildman–Crippen LogP) is 4.83. The van der Waals surface area contributed by atoms with Crippen LogP contribution < -0.4 is 10.1 Å². The van der Waals surface area contributed by atoms with Crippen molar-refractivity contribution in [1.82, 2.24) is 0 Å². The number of aliphatic hydroxyl groups is 1. The van der Waals surface area contributed by atoms with Gasteiger partial charge in [0.15, 0.2) is 0 Å². The van der Waals surface area contributed by atoms with Gasteiger partial charge in [0, 0.05) is 21.7 Å². The second-order valence-corrected chi connectivity index (χ2v) is 7.26. The number of carbonyl (C=O) groups excluding carboxylic acids is 2. The number of methoxy groups -OCH3 is 1. The Morgan fingerprint density at radius 2 is 1.87 bits per heavy atom. The number of esters is 1. The fraction of sp³-hybridized carbons (Fsp3) is 0.182. The summed E-state index contributed by atoms with van der Waals surface area (Å²) in [5.41, 5.74) is 1.44. The van der Waals surface area contributed by atoms with Crippen LogP contribution in [0.2, 0.25) is 10.0 Å². The van der Waals surface area contributed by atoms with E-state index in [1.54, 1.807) is 42.5 Å². The number of carbonyl (C=O) groups is 2. The number of amides is 1. The number of para-hydroxylation sites is 1. The van der Waals surface area contributed by atoms with Gasteiger partial charge in [-0.25, -0.2) is 4.79 Å². The number of nitrogens with one attached hydrogen (secondary N) is 1. The van der Waals surface area contributed by atoms with Crippen molar-refractivity contribution in [3.05, 3.63) is 69.7 Å². The number of hydrogen-bond donors (Lipinski definition) is 2. The molecule has 0 unspecified atom stereocenters. The van der Waals surface area contributed by atoms with E-state index in [1.807, 2.05) is 0 Å². The third kappa shape index (κ3) is 5.02. The Kier molecular flexibility index (Phi) is 7.15. The molecule has 6 nitrogen and oxygen atoms in total. The summed E-state index contributed by atoms with van der Waals surface area (Å²) in [7, 11) is 1.28. The Balaban J connectivity index is 1.78. The van der Waals surface area contributed by atoms with Crippen molar-refractivity contribution < 1.29 is 24.2 Å². The molecule has 3 aromatic carbocycles. The number of halogens is 2. The number of hydrogen-bond acceptors (Lipinski definition) is 5. The van der Waals surface area contributed by atoms with Crippen molar-refractivity contribution in [3.8, 4) is 5.75 Å². The third-order valence-corrected chi connectivity index (χ3v) is 4.92. The fourth-order valence-electron chi connectivity index (χ4n) is 2.99. The minimum Gasteiger partial charge on any atom is -0.492 e. The number of benzene rings is 3. The smallest absolute Gasteiger partial charge is 0.338 e. The monoisotopic (exact) mass is 447 g/mol. The molecule has 156 valence electrons. The van der Waals surface area contributed by atoms with E-state index in [0.717, 1.165) is 0 Å². The van der Waals surface area contributed by atoms with Crippen LogP contribution in [0.5, 0.6) is 5.75 Å². The first-order chi connectivity index (χ1) is 14.4. The molecule has 2 N–H and O–H groups in total. The molecule has 0 aromatic heterocycles. The van der Waals surface area contributed by atoms with Crippen molar-refractivity contribution in [2.45, 2.75) is 13.0 Å². The molecule has 0 saturated carbocycles. The van der Waals surface area contributed by atoms with Gasteiger partial charge < -0.3 is 19.9 Å². The zero-order valence-corrected chi connectivity index (χ0v) is 17.6. The summed E-state index contributed by atoms with van der Waals surface area (Å²) in [5.74, 6) is -0.465. The summed E-state index contributed by atoms with van der Waals surface area (Å²) >= 11 is 12.4. The average molecular weight is 448 g/mol. The topological polar surface area (TPSA) is 84.9 Å². The van der Waals surface area contributed by atoms with E-state index in [-0.39, 0.29) is 31.1 Å². The number of aliphatic hydroxyl groups excluding tert-OH is 1. The van der Waals surface area contributed by atoms with Crippen LogP contribution >= 0.6 is 23.2 Å². The van der Waals surface area contributed by atoms with Crippen LogP contribution in [-0.2, 0) is 16.1 Å². The molecule has 8 heteroatoms. The maximum atomic E-state index is 12.3. The van der Waals surface area contributed by atoms with Gasteiger partial charge in [-0.3, -0.25) is 4.79 Å². The van der Waals surface area contributed by atoms with Crippen LogP contribution in [0.15, 0.2) is 48.5 Å². The van der Waals surface area contributed by atoms with Gasteiger partial charge in [0.25, 0.3) is 0 Å². The van der Waals surface area contributed by atoms with Crippen LogP contribution in [0, 0.1) is 0 Å². The Morgan fingerprint density at radius 3 is 2.60 bits per heavy atom. The Bertz CT molecular complexity index is 1100. The van der Waals surface area contributed by atoms with Crippen LogP contribution in [0.3, 0.4) is 0 Å². The van der Waals surface area contributed by atoms with E-state index in [1.165, 1.54) is 13.2 Å². The highest BCUT2D eigenvalue weighted by Crippen LogP contribution is 2.36. The van der Waals surface area contributed by atoms with Crippen LogP contribution in [0.25, 0.3) is 10.8 Å². The second-order valence-electron chi connectivity index (χ2n) is 6.41. The van der Waals surface area contributed by atoms with Gasteiger partial charge in [-0.05, 0) is 35.7 Å². The molecular formula is C22H19Cl2NO5. The molecule has 0 atom stereocenters. The van der Waals surface area contributed by atoms with Crippen LogP contribution in [0.4, 0.5) is 5.69 Å². The van der Waals surface area contributed by atoms with Gasteiger partial charge in [-0.15, -0.1) is 0 Å². The Labute approximate surface area is 183 Å². The minimum absolute atomic E-state index is 0.0474. The highest BCUT2D eigenvalue weighted by molar-refractivity contribution is 6.39. The lowest BCUT2D eigenvalue weighted by atomic mass is 10.1. The van der Waals surface area contributed by atoms with Crippen LogP contribution in [-0.4, -0.2) is 30.7 Å². The van der Waals surface area contributed by atoms with Crippen molar-refractivity contribution >= 4 is 51.5 Å². The molecule has 0 spiro atoms. The average Bonchev–Trinajstić information content (AvgIpc) is 2.72. The van der Waals surface area contributed by atoms with Crippen LogP contribution in [0.1, 0.15) is 22.3 Å². The van der Waals surface area contributed by atoms with Gasteiger partial charge in [0.2, 0.25) is 5.91 Å². The fourth-order valence-corrected chi connectivity index (χ4v) is 3.59. The zero-order valence-electron chi connectivity index (χ0n) is 16.1. The van der Waals surface area contributed by atoms with Gasteiger partial charge >= 0.3 is 5.97 Å². The largest absolute Gasteiger partial charge is 0.492 e. The SMILES string of the molecule is COC(=O)c1cc(OCCC(=O)Nc2ccccc2CO)c2c(Cl)cc(Cl)cc2c1. The standard InChI is InChI=1S/C22H19Cl2NO5/c1-29-22(28)15-8-14-9-16(23)11-17(24)21(14)19(10-15)30-7-6-20(27)25-18-5-3-2-4-13(18)12-26/h2-5,8-11,26H,6-7,12H2,1H3,(H,25,27). The van der Waals surface area contributed by atoms with E-state index >= 15 is 0 Å². The summed E-state index contributed by atoms with van der Waals surface area (Å²) in [4.78, 5) is 24.3. The van der Waals surface area contributed by atoms with E-state index in [4.69, 9.17) is 32.7 Å².